The van der Waals surface area contributed by atoms with Gasteiger partial charge in [0.15, 0.2) is 0 Å². The number of nitrogens with one attached hydrogen (secondary N) is 1. The Balaban J connectivity index is 1.97. The number of benzene rings is 1. The third-order valence-corrected chi connectivity index (χ3v) is 3.04. The van der Waals surface area contributed by atoms with Crippen LogP contribution in [-0.2, 0) is 13.1 Å². The molecule has 1 aromatic carbocycles. The van der Waals surface area contributed by atoms with Crippen LogP contribution >= 0.6 is 0 Å². The van der Waals surface area contributed by atoms with Crippen LogP contribution in [0.3, 0.4) is 0 Å². The summed E-state index contributed by atoms with van der Waals surface area (Å²) in [4.78, 5) is 14.7. The van der Waals surface area contributed by atoms with Crippen molar-refractivity contribution in [1.82, 2.24) is 10.3 Å². The van der Waals surface area contributed by atoms with Crippen LogP contribution in [0.1, 0.15) is 27.0 Å². The largest absolute Gasteiger partial charge is 0.478 e. The predicted molar refractivity (Wildman–Crippen MR) is 72.9 cm³/mol. The molecule has 0 spiro atoms. The van der Waals surface area contributed by atoms with E-state index in [0.717, 1.165) is 11.1 Å². The van der Waals surface area contributed by atoms with E-state index in [1.807, 2.05) is 13.0 Å². The van der Waals surface area contributed by atoms with Crippen LogP contribution in [-0.4, -0.2) is 16.1 Å². The number of pyridine rings is 1. The van der Waals surface area contributed by atoms with Crippen LogP contribution < -0.4 is 5.32 Å². The number of carboxylic acid groups (broad SMARTS) is 1. The predicted octanol–water partition coefficient (Wildman–Crippen LogP) is 2.52. The van der Waals surface area contributed by atoms with E-state index in [4.69, 9.17) is 5.11 Å². The van der Waals surface area contributed by atoms with Gasteiger partial charge in [-0.05, 0) is 41.8 Å². The Labute approximate surface area is 116 Å². The summed E-state index contributed by atoms with van der Waals surface area (Å²) in [6.45, 7) is 3.10. The lowest BCUT2D eigenvalue weighted by Gasteiger charge is -2.08. The molecule has 0 fully saturated rings. The van der Waals surface area contributed by atoms with Crippen molar-refractivity contribution in [3.8, 4) is 0 Å². The molecule has 2 N–H and O–H groups in total. The molecule has 104 valence electrons. The van der Waals surface area contributed by atoms with Gasteiger partial charge in [0.25, 0.3) is 0 Å². The molecule has 0 aliphatic carbocycles. The van der Waals surface area contributed by atoms with Crippen molar-refractivity contribution < 1.29 is 14.3 Å². The van der Waals surface area contributed by atoms with Gasteiger partial charge >= 0.3 is 5.97 Å². The Morgan fingerprint density at radius 1 is 1.35 bits per heavy atom. The Hall–Kier alpha value is -2.27. The first-order valence-electron chi connectivity index (χ1n) is 6.20. The molecule has 2 aromatic rings. The number of aromatic carboxylic acids is 1. The smallest absolute Gasteiger partial charge is 0.338 e. The number of hydrogen-bond donors (Lipinski definition) is 2. The maximum absolute atomic E-state index is 13.5. The summed E-state index contributed by atoms with van der Waals surface area (Å²) in [7, 11) is 0. The summed E-state index contributed by atoms with van der Waals surface area (Å²) >= 11 is 0. The molecule has 0 saturated carbocycles. The summed E-state index contributed by atoms with van der Waals surface area (Å²) in [5.41, 5.74) is 2.62. The standard InChI is InChI=1S/C15H15FN2O2/c1-10-7-17-5-4-12(10)9-18-8-11-2-3-13(15(19)20)14(16)6-11/h2-7,18H,8-9H2,1H3,(H,19,20). The van der Waals surface area contributed by atoms with Gasteiger partial charge in [0, 0.05) is 25.5 Å². The van der Waals surface area contributed by atoms with Gasteiger partial charge in [-0.3, -0.25) is 4.98 Å². The van der Waals surface area contributed by atoms with Gasteiger partial charge in [-0.1, -0.05) is 6.07 Å². The van der Waals surface area contributed by atoms with E-state index in [9.17, 15) is 9.18 Å². The van der Waals surface area contributed by atoms with Crippen molar-refractivity contribution in [3.63, 3.8) is 0 Å². The molecule has 0 aliphatic heterocycles. The van der Waals surface area contributed by atoms with Crippen molar-refractivity contribution in [2.75, 3.05) is 0 Å². The highest BCUT2D eigenvalue weighted by Crippen LogP contribution is 2.11. The van der Waals surface area contributed by atoms with Gasteiger partial charge in [0.2, 0.25) is 0 Å². The molecule has 0 atom stereocenters. The maximum atomic E-state index is 13.5. The lowest BCUT2D eigenvalue weighted by molar-refractivity contribution is 0.0692. The van der Waals surface area contributed by atoms with Crippen LogP contribution in [0.25, 0.3) is 0 Å². The van der Waals surface area contributed by atoms with Crippen molar-refractivity contribution in [1.29, 1.82) is 0 Å². The minimum atomic E-state index is -1.26. The van der Waals surface area contributed by atoms with Crippen LogP contribution in [0.5, 0.6) is 0 Å². The highest BCUT2D eigenvalue weighted by Gasteiger charge is 2.10. The zero-order chi connectivity index (χ0) is 14.5. The molecule has 5 heteroatoms. The fourth-order valence-electron chi connectivity index (χ4n) is 1.88. The summed E-state index contributed by atoms with van der Waals surface area (Å²) in [5.74, 6) is -1.97. The van der Waals surface area contributed by atoms with Gasteiger partial charge < -0.3 is 10.4 Å². The molecule has 20 heavy (non-hydrogen) atoms. The van der Waals surface area contributed by atoms with Gasteiger partial charge in [-0.25, -0.2) is 9.18 Å². The monoisotopic (exact) mass is 274 g/mol. The molecular formula is C15H15FN2O2. The lowest BCUT2D eigenvalue weighted by Crippen LogP contribution is -2.14. The zero-order valence-electron chi connectivity index (χ0n) is 11.1. The molecule has 0 bridgehead atoms. The highest BCUT2D eigenvalue weighted by molar-refractivity contribution is 5.87. The van der Waals surface area contributed by atoms with E-state index in [2.05, 4.69) is 10.3 Å². The molecule has 1 aromatic heterocycles. The van der Waals surface area contributed by atoms with Crippen LogP contribution in [0, 0.1) is 12.7 Å². The molecule has 0 unspecified atom stereocenters. The minimum Gasteiger partial charge on any atom is -0.478 e. The fourth-order valence-corrected chi connectivity index (χ4v) is 1.88. The van der Waals surface area contributed by atoms with Crippen molar-refractivity contribution in [2.24, 2.45) is 0 Å². The van der Waals surface area contributed by atoms with Crippen LogP contribution in [0.4, 0.5) is 4.39 Å². The number of nitrogens with zero attached hydrogens (tertiary/aromatic N) is 1. The van der Waals surface area contributed by atoms with E-state index in [-0.39, 0.29) is 5.56 Å². The van der Waals surface area contributed by atoms with Crippen molar-refractivity contribution >= 4 is 5.97 Å². The van der Waals surface area contributed by atoms with Crippen LogP contribution in [0.15, 0.2) is 36.7 Å². The Morgan fingerprint density at radius 3 is 2.80 bits per heavy atom. The number of aromatic nitrogens is 1. The molecule has 1 heterocycles. The number of hydrogen-bond acceptors (Lipinski definition) is 3. The van der Waals surface area contributed by atoms with Gasteiger partial charge in [0.05, 0.1) is 5.56 Å². The molecule has 0 radical (unpaired) electrons. The second-order valence-corrected chi connectivity index (χ2v) is 4.53. The maximum Gasteiger partial charge on any atom is 0.338 e. The number of carbonyl (C=O) groups is 1. The first-order valence-corrected chi connectivity index (χ1v) is 6.20. The van der Waals surface area contributed by atoms with E-state index in [1.165, 1.54) is 12.1 Å². The Bertz CT molecular complexity index is 629. The Kier molecular flexibility index (Phi) is 4.42. The Morgan fingerprint density at radius 2 is 2.15 bits per heavy atom. The van der Waals surface area contributed by atoms with Gasteiger partial charge in [-0.2, -0.15) is 0 Å². The second kappa shape index (κ2) is 6.25. The quantitative estimate of drug-likeness (QED) is 0.879. The van der Waals surface area contributed by atoms with Crippen molar-refractivity contribution in [2.45, 2.75) is 20.0 Å². The molecule has 4 nitrogen and oxygen atoms in total. The van der Waals surface area contributed by atoms with E-state index < -0.39 is 11.8 Å². The zero-order valence-corrected chi connectivity index (χ0v) is 11.1. The van der Waals surface area contributed by atoms with Gasteiger partial charge in [0.1, 0.15) is 5.82 Å². The number of rotatable bonds is 5. The molecule has 0 aliphatic rings. The first kappa shape index (κ1) is 14.1. The number of halogens is 1. The van der Waals surface area contributed by atoms with E-state index in [0.29, 0.717) is 18.7 Å². The third kappa shape index (κ3) is 3.39. The topological polar surface area (TPSA) is 62.2 Å². The van der Waals surface area contributed by atoms with E-state index in [1.54, 1.807) is 18.5 Å². The minimum absolute atomic E-state index is 0.307. The average molecular weight is 274 g/mol. The highest BCUT2D eigenvalue weighted by atomic mass is 19.1. The van der Waals surface area contributed by atoms with E-state index >= 15 is 0 Å². The number of aryl methyl sites for hydroxylation is 1. The summed E-state index contributed by atoms with van der Waals surface area (Å²) in [5, 5.41) is 11.9. The third-order valence-electron chi connectivity index (χ3n) is 3.04. The second-order valence-electron chi connectivity index (χ2n) is 4.53. The SMILES string of the molecule is Cc1cnccc1CNCc1ccc(C(=O)O)c(F)c1. The van der Waals surface area contributed by atoms with Crippen LogP contribution in [0.2, 0.25) is 0 Å². The molecule has 0 saturated heterocycles. The average Bonchev–Trinajstić information content (AvgIpc) is 2.40. The molecule has 0 amide bonds. The summed E-state index contributed by atoms with van der Waals surface area (Å²) in [6, 6.07) is 6.07. The van der Waals surface area contributed by atoms with Gasteiger partial charge in [-0.15, -0.1) is 0 Å². The molecular weight excluding hydrogens is 259 g/mol. The summed E-state index contributed by atoms with van der Waals surface area (Å²) < 4.78 is 13.5. The number of carboxylic acids is 1. The summed E-state index contributed by atoms with van der Waals surface area (Å²) in [6.07, 6.45) is 3.52. The fraction of sp³-hybridized carbons (Fsp3) is 0.200. The van der Waals surface area contributed by atoms with Crippen molar-refractivity contribution in [3.05, 3.63) is 64.7 Å². The molecule has 2 rings (SSSR count). The first-order chi connectivity index (χ1) is 9.58. The lowest BCUT2D eigenvalue weighted by atomic mass is 10.1. The normalized spacial score (nSPS) is 10.5.